The van der Waals surface area contributed by atoms with Crippen LogP contribution in [0.15, 0.2) is 76.2 Å². The van der Waals surface area contributed by atoms with Gasteiger partial charge in [0.2, 0.25) is 0 Å². The average molecular weight is 691 g/mol. The lowest BCUT2D eigenvalue weighted by atomic mass is 9.88. The van der Waals surface area contributed by atoms with Gasteiger partial charge in [-0.2, -0.15) is 0 Å². The zero-order valence-electron chi connectivity index (χ0n) is 28.2. The van der Waals surface area contributed by atoms with E-state index in [9.17, 15) is 0 Å². The summed E-state index contributed by atoms with van der Waals surface area (Å²) in [7, 11) is -0.442. The summed E-state index contributed by atoms with van der Waals surface area (Å²) < 4.78 is 5.96. The quantitative estimate of drug-likeness (QED) is 0.165. The van der Waals surface area contributed by atoms with Gasteiger partial charge in [-0.3, -0.25) is 0 Å². The van der Waals surface area contributed by atoms with E-state index in [2.05, 4.69) is 73.1 Å². The molecule has 247 valence electrons. The van der Waals surface area contributed by atoms with Crippen LogP contribution in [-0.2, 0) is 25.7 Å². The molecule has 0 saturated carbocycles. The molecule has 6 rings (SSSR count). The molecule has 1 radical (unpaired) electrons. The van der Waals surface area contributed by atoms with Crippen molar-refractivity contribution in [1.29, 1.82) is 0 Å². The van der Waals surface area contributed by atoms with Crippen molar-refractivity contribution < 1.29 is 19.7 Å². The van der Waals surface area contributed by atoms with E-state index in [0.29, 0.717) is 19.8 Å². The summed E-state index contributed by atoms with van der Waals surface area (Å²) in [5, 5.41) is 24.3. The van der Waals surface area contributed by atoms with E-state index in [1.807, 2.05) is 44.2 Å². The van der Waals surface area contributed by atoms with Crippen molar-refractivity contribution in [2.45, 2.75) is 80.0 Å². The van der Waals surface area contributed by atoms with Crippen LogP contribution in [0.2, 0.25) is 6.32 Å². The number of aryl methyl sites for hydroxylation is 1. The van der Waals surface area contributed by atoms with E-state index in [4.69, 9.17) is 36.9 Å². The molecule has 3 aliphatic carbocycles. The summed E-state index contributed by atoms with van der Waals surface area (Å²) in [6, 6.07) is 18.4. The van der Waals surface area contributed by atoms with Crippen LogP contribution in [0.1, 0.15) is 86.9 Å². The fourth-order valence-electron chi connectivity index (χ4n) is 4.46. The number of hydrogen-bond acceptors (Lipinski definition) is 7. The Morgan fingerprint density at radius 1 is 0.717 bits per heavy atom. The van der Waals surface area contributed by atoms with Crippen LogP contribution in [0, 0.1) is 0 Å². The first-order chi connectivity index (χ1) is 22.0. The van der Waals surface area contributed by atoms with E-state index < -0.39 is 7.12 Å². The Kier molecular flexibility index (Phi) is 19.6. The van der Waals surface area contributed by atoms with Crippen molar-refractivity contribution >= 4 is 49.0 Å². The SMILES string of the molecule is CC.CCB(O)O.CCC.CCc1ccc2c(c1)CC(N)=C2.NC1=Cc2ccc(Br)cc2C1.NC1=Cc2ccc(O[B]O)cc2C1. The molecule has 0 saturated heterocycles. The molecule has 9 N–H and O–H groups in total. The summed E-state index contributed by atoms with van der Waals surface area (Å²) in [4.78, 5) is 0. The van der Waals surface area contributed by atoms with Crippen molar-refractivity contribution in [2.75, 3.05) is 0 Å². The maximum Gasteiger partial charge on any atom is 0.569 e. The van der Waals surface area contributed by atoms with Crippen molar-refractivity contribution in [3.8, 4) is 5.75 Å². The van der Waals surface area contributed by atoms with Crippen LogP contribution in [-0.4, -0.2) is 29.9 Å². The molecule has 10 heteroatoms. The Morgan fingerprint density at radius 2 is 1.13 bits per heavy atom. The molecule has 0 amide bonds. The molecule has 3 aromatic rings. The van der Waals surface area contributed by atoms with Crippen LogP contribution in [0.5, 0.6) is 5.75 Å². The Balaban J connectivity index is 0.000000303. The smallest absolute Gasteiger partial charge is 0.537 e. The first kappa shape index (κ1) is 40.6. The summed E-state index contributed by atoms with van der Waals surface area (Å²) in [6.45, 7) is 12.1. The molecule has 0 bridgehead atoms. The minimum absolute atomic E-state index is 0.417. The lowest BCUT2D eigenvalue weighted by Gasteiger charge is -2.03. The number of rotatable bonds is 4. The second-order valence-corrected chi connectivity index (χ2v) is 11.5. The van der Waals surface area contributed by atoms with Gasteiger partial charge in [0, 0.05) is 40.8 Å². The monoisotopic (exact) mass is 690 g/mol. The Morgan fingerprint density at radius 3 is 1.57 bits per heavy atom. The average Bonchev–Trinajstić information content (AvgIpc) is 3.72. The highest BCUT2D eigenvalue weighted by Crippen LogP contribution is 2.27. The van der Waals surface area contributed by atoms with E-state index in [0.717, 1.165) is 58.4 Å². The van der Waals surface area contributed by atoms with E-state index >= 15 is 0 Å². The number of halogens is 1. The maximum absolute atomic E-state index is 8.44. The summed E-state index contributed by atoms with van der Waals surface area (Å²) in [5.74, 6) is 0.629. The van der Waals surface area contributed by atoms with Gasteiger partial charge in [-0.25, -0.2) is 0 Å². The van der Waals surface area contributed by atoms with Crippen molar-refractivity contribution in [2.24, 2.45) is 17.2 Å². The fraction of sp³-hybridized carbons (Fsp3) is 0.333. The molecule has 0 fully saturated rings. The fourth-order valence-corrected chi connectivity index (χ4v) is 4.87. The number of allylic oxidation sites excluding steroid dienone is 3. The standard InChI is InChI=1S/C11H13N.C9H9BNO2.C9H8BrN.C3H8.C2H7BO2.C2H6/c1-2-8-3-4-9-6-11(12)7-10(9)5-8;11-8-3-6-1-2-9(13-10-12)5-7(6)4-8;10-8-2-1-6-4-9(11)5-7(6)3-8;1-3-2;1-2-3(4)5;1-2/h3-6H,2,7,12H2,1H3;1-3,5,12H,4,11H2;1-4H,5,11H2;3H2,1-2H3;4-5H,2H2,1H3;1-2H3. The van der Waals surface area contributed by atoms with Gasteiger partial charge in [0.1, 0.15) is 5.75 Å². The Hall–Kier alpha value is -3.43. The normalized spacial score (nSPS) is 12.3. The topological polar surface area (TPSA) is 148 Å². The zero-order valence-corrected chi connectivity index (χ0v) is 29.8. The third-order valence-corrected chi connectivity index (χ3v) is 7.09. The second kappa shape index (κ2) is 22.2. The van der Waals surface area contributed by atoms with Gasteiger partial charge in [-0.05, 0) is 94.2 Å². The third-order valence-electron chi connectivity index (χ3n) is 6.60. The minimum atomic E-state index is -1.12. The molecule has 0 aromatic heterocycles. The molecule has 0 atom stereocenters. The molecule has 3 aliphatic rings. The van der Waals surface area contributed by atoms with Gasteiger partial charge >= 0.3 is 14.8 Å². The molecule has 0 unspecified atom stereocenters. The van der Waals surface area contributed by atoms with Crippen LogP contribution < -0.4 is 21.9 Å². The molecular weight excluding hydrogens is 640 g/mol. The third kappa shape index (κ3) is 14.3. The summed E-state index contributed by atoms with van der Waals surface area (Å²) in [6.07, 6.45) is 11.4. The number of nitrogens with two attached hydrogens (primary N) is 3. The Bertz CT molecular complexity index is 1460. The molecule has 3 aromatic carbocycles. The van der Waals surface area contributed by atoms with Crippen molar-refractivity contribution in [3.05, 3.63) is 115 Å². The van der Waals surface area contributed by atoms with Gasteiger partial charge < -0.3 is 36.9 Å². The van der Waals surface area contributed by atoms with E-state index in [-0.39, 0.29) is 0 Å². The van der Waals surface area contributed by atoms with Crippen LogP contribution >= 0.6 is 15.9 Å². The van der Waals surface area contributed by atoms with Gasteiger partial charge in [0.25, 0.3) is 0 Å². The first-order valence-electron chi connectivity index (χ1n) is 15.9. The predicted molar refractivity (Wildman–Crippen MR) is 201 cm³/mol. The van der Waals surface area contributed by atoms with Gasteiger partial charge in [0.05, 0.1) is 0 Å². The largest absolute Gasteiger partial charge is 0.569 e. The van der Waals surface area contributed by atoms with Crippen molar-refractivity contribution in [3.63, 3.8) is 0 Å². The molecule has 0 aliphatic heterocycles. The number of benzene rings is 3. The molecule has 0 heterocycles. The highest BCUT2D eigenvalue weighted by Gasteiger charge is 2.12. The number of fused-ring (bicyclic) bond motifs is 3. The lowest BCUT2D eigenvalue weighted by Crippen LogP contribution is -2.06. The summed E-state index contributed by atoms with van der Waals surface area (Å²) in [5.41, 5.74) is 28.8. The van der Waals surface area contributed by atoms with Crippen LogP contribution in [0.3, 0.4) is 0 Å². The number of hydrogen-bond donors (Lipinski definition) is 6. The first-order valence-corrected chi connectivity index (χ1v) is 16.7. The predicted octanol–water partition coefficient (Wildman–Crippen LogP) is 6.78. The van der Waals surface area contributed by atoms with Crippen LogP contribution in [0.25, 0.3) is 18.2 Å². The van der Waals surface area contributed by atoms with E-state index in [1.165, 1.54) is 34.2 Å². The molecule has 46 heavy (non-hydrogen) atoms. The lowest BCUT2D eigenvalue weighted by molar-refractivity contribution is 0.408. The molecule has 0 spiro atoms. The van der Waals surface area contributed by atoms with Gasteiger partial charge in [0.15, 0.2) is 0 Å². The molecular formula is C36H51B2BrN3O4. The van der Waals surface area contributed by atoms with Crippen molar-refractivity contribution in [1.82, 2.24) is 0 Å². The Labute approximate surface area is 285 Å². The highest BCUT2D eigenvalue weighted by atomic mass is 79.9. The van der Waals surface area contributed by atoms with Crippen LogP contribution in [0.4, 0.5) is 0 Å². The van der Waals surface area contributed by atoms with Gasteiger partial charge in [-0.1, -0.05) is 94.2 Å². The summed E-state index contributed by atoms with van der Waals surface area (Å²) >= 11 is 3.42. The van der Waals surface area contributed by atoms with E-state index in [1.54, 1.807) is 13.0 Å². The minimum Gasteiger partial charge on any atom is -0.537 e. The maximum atomic E-state index is 8.44. The van der Waals surface area contributed by atoms with Gasteiger partial charge in [-0.15, -0.1) is 0 Å². The molecule has 7 nitrogen and oxygen atoms in total. The second-order valence-electron chi connectivity index (χ2n) is 10.6. The zero-order chi connectivity index (χ0) is 34.6. The highest BCUT2D eigenvalue weighted by molar-refractivity contribution is 9.10.